The van der Waals surface area contributed by atoms with Gasteiger partial charge in [-0.05, 0) is 41.7 Å². The van der Waals surface area contributed by atoms with Gasteiger partial charge in [-0.15, -0.1) is 0 Å². The van der Waals surface area contributed by atoms with E-state index in [4.69, 9.17) is 5.73 Å². The van der Waals surface area contributed by atoms with Gasteiger partial charge >= 0.3 is 18.1 Å². The fourth-order valence-electron chi connectivity index (χ4n) is 3.60. The number of nitrogens with one attached hydrogen (secondary N) is 1. The second-order valence-corrected chi connectivity index (χ2v) is 9.65. The minimum Gasteiger partial charge on any atom is -0.340 e. The van der Waals surface area contributed by atoms with Crippen molar-refractivity contribution in [3.63, 3.8) is 0 Å². The van der Waals surface area contributed by atoms with Gasteiger partial charge in [0.25, 0.3) is 0 Å². The number of Topliss-reactive ketones (excluding diaryl/α,β-unsaturated/α-hetero) is 1. The zero-order valence-electron chi connectivity index (χ0n) is 21.4. The second-order valence-electron chi connectivity index (χ2n) is 8.66. The number of ketones is 1. The Hall–Kier alpha value is -4.17. The fourth-order valence-corrected chi connectivity index (χ4v) is 4.13. The Bertz CT molecular complexity index is 1390. The van der Waals surface area contributed by atoms with Gasteiger partial charge in [0.05, 0.1) is 18.4 Å². The molecule has 0 spiro atoms. The Morgan fingerprint density at radius 3 is 2.27 bits per heavy atom. The number of hydrogen-bond donors (Lipinski definition) is 2. The molecule has 0 aliphatic heterocycles. The molecule has 14 heteroatoms. The predicted octanol–water partition coefficient (Wildman–Crippen LogP) is 3.47. The monoisotopic (exact) mass is 578 g/mol. The van der Waals surface area contributed by atoms with Crippen LogP contribution in [0.4, 0.5) is 18.9 Å². The minimum absolute atomic E-state index is 0.0165. The lowest BCUT2D eigenvalue weighted by Gasteiger charge is -2.25. The smallest absolute Gasteiger partial charge is 0.340 e. The van der Waals surface area contributed by atoms with Gasteiger partial charge in [0.15, 0.2) is 11.3 Å². The Kier molecular flexibility index (Phi) is 9.71. The molecule has 3 aromatic rings. The van der Waals surface area contributed by atoms with Crippen LogP contribution in [-0.2, 0) is 37.6 Å². The van der Waals surface area contributed by atoms with Crippen molar-refractivity contribution in [2.45, 2.75) is 24.6 Å². The zero-order chi connectivity index (χ0) is 29.5. The Balaban J connectivity index is 1.82. The zero-order valence-corrected chi connectivity index (χ0v) is 22.2. The van der Waals surface area contributed by atoms with Gasteiger partial charge in [-0.1, -0.05) is 36.4 Å². The van der Waals surface area contributed by atoms with E-state index in [0.29, 0.717) is 22.5 Å². The predicted molar refractivity (Wildman–Crippen MR) is 140 cm³/mol. The van der Waals surface area contributed by atoms with E-state index in [1.54, 1.807) is 66.8 Å². The highest BCUT2D eigenvalue weighted by Gasteiger charge is 2.48. The summed E-state index contributed by atoms with van der Waals surface area (Å²) in [6, 6.07) is 12.6. The van der Waals surface area contributed by atoms with E-state index >= 15 is 0 Å². The number of alkyl halides is 3. The molecule has 0 fully saturated rings. The fraction of sp³-hybridized carbons (Fsp3) is 0.269. The van der Waals surface area contributed by atoms with Crippen LogP contribution >= 0.6 is 11.8 Å². The normalized spacial score (nSPS) is 12.8. The average molecular weight is 579 g/mol. The van der Waals surface area contributed by atoms with Crippen molar-refractivity contribution in [3.05, 3.63) is 72.3 Å². The molecule has 0 saturated heterocycles. The van der Waals surface area contributed by atoms with Crippen LogP contribution in [0.15, 0.2) is 61.1 Å². The number of thioether (sulfide) groups is 1. The van der Waals surface area contributed by atoms with Crippen LogP contribution in [0.3, 0.4) is 0 Å². The molecule has 1 unspecified atom stereocenters. The summed E-state index contributed by atoms with van der Waals surface area (Å²) >= 11 is 1.23. The van der Waals surface area contributed by atoms with Gasteiger partial charge in [-0.25, -0.2) is 24.3 Å². The number of hydrogen-bond acceptors (Lipinski definition) is 9. The number of rotatable bonds is 10. The topological polar surface area (TPSA) is 143 Å². The van der Waals surface area contributed by atoms with Gasteiger partial charge in [0, 0.05) is 24.5 Å². The van der Waals surface area contributed by atoms with Crippen LogP contribution in [0, 0.1) is 0 Å². The highest BCUT2D eigenvalue weighted by molar-refractivity contribution is 7.98. The summed E-state index contributed by atoms with van der Waals surface area (Å²) in [5.41, 5.74) is 5.62. The Morgan fingerprint density at radius 1 is 1.02 bits per heavy atom. The quantitative estimate of drug-likeness (QED) is 0.160. The van der Waals surface area contributed by atoms with Gasteiger partial charge in [-0.3, -0.25) is 9.59 Å². The van der Waals surface area contributed by atoms with Crippen molar-refractivity contribution in [3.8, 4) is 11.1 Å². The SMILES string of the molecule is CSCCC(N)(C(=O)OOC(=O)C(F)(F)F)C(=O)c1ccccc1-c1ccc(NC(=O)Cc2cn(C)cn2)cc1. The first-order valence-electron chi connectivity index (χ1n) is 11.6. The van der Waals surface area contributed by atoms with Gasteiger partial charge in [0.2, 0.25) is 5.91 Å². The summed E-state index contributed by atoms with van der Waals surface area (Å²) in [6.07, 6.45) is -0.679. The third-order valence-corrected chi connectivity index (χ3v) is 6.26. The van der Waals surface area contributed by atoms with E-state index in [0.717, 1.165) is 0 Å². The van der Waals surface area contributed by atoms with E-state index in [1.807, 2.05) is 0 Å². The first kappa shape index (κ1) is 30.4. The molecule has 3 rings (SSSR count). The highest BCUT2D eigenvalue weighted by atomic mass is 32.2. The van der Waals surface area contributed by atoms with Crippen LogP contribution in [0.5, 0.6) is 0 Å². The number of nitrogens with zero attached hydrogens (tertiary/aromatic N) is 2. The molecule has 1 amide bonds. The van der Waals surface area contributed by atoms with E-state index in [2.05, 4.69) is 20.1 Å². The molecule has 0 bridgehead atoms. The van der Waals surface area contributed by atoms with Crippen LogP contribution in [0.2, 0.25) is 0 Å². The van der Waals surface area contributed by atoms with Crippen molar-refractivity contribution in [1.82, 2.24) is 9.55 Å². The van der Waals surface area contributed by atoms with Crippen molar-refractivity contribution >= 4 is 41.1 Å². The first-order chi connectivity index (χ1) is 18.8. The van der Waals surface area contributed by atoms with Gasteiger partial charge < -0.3 is 15.6 Å². The number of nitrogens with two attached hydrogens (primary N) is 1. The molecule has 0 saturated carbocycles. The van der Waals surface area contributed by atoms with E-state index in [9.17, 15) is 32.3 Å². The molecule has 10 nitrogen and oxygen atoms in total. The maximum Gasteiger partial charge on any atom is 0.495 e. The number of amides is 1. The third-order valence-electron chi connectivity index (χ3n) is 5.65. The number of carbonyl (C=O) groups excluding carboxylic acids is 4. The molecule has 0 aliphatic carbocycles. The molecular weight excluding hydrogens is 553 g/mol. The van der Waals surface area contributed by atoms with E-state index in [-0.39, 0.29) is 30.1 Å². The largest absolute Gasteiger partial charge is 0.495 e. The standard InChI is InChI=1S/C26H25F3N4O6S/c1-33-14-18(31-15-33)13-21(34)32-17-9-7-16(8-10-17)19-5-3-4-6-20(19)22(35)25(30,11-12-40-2)23(36)38-39-24(37)26(27,28)29/h3-10,14-15H,11-13,30H2,1-2H3,(H,32,34). The van der Waals surface area contributed by atoms with Gasteiger partial charge in [0.1, 0.15) is 0 Å². The van der Waals surface area contributed by atoms with Crippen LogP contribution in [-0.4, -0.2) is 56.9 Å². The van der Waals surface area contributed by atoms with Crippen LogP contribution < -0.4 is 11.1 Å². The summed E-state index contributed by atoms with van der Waals surface area (Å²) < 4.78 is 39.1. The minimum atomic E-state index is -5.42. The van der Waals surface area contributed by atoms with Crippen molar-refractivity contribution in [2.75, 3.05) is 17.3 Å². The van der Waals surface area contributed by atoms with Crippen molar-refractivity contribution in [1.29, 1.82) is 0 Å². The summed E-state index contributed by atoms with van der Waals surface area (Å²) in [5, 5.41) is 2.75. The maximum atomic E-state index is 13.6. The van der Waals surface area contributed by atoms with Crippen LogP contribution in [0.25, 0.3) is 11.1 Å². The molecule has 1 heterocycles. The second kappa shape index (κ2) is 12.8. The summed E-state index contributed by atoms with van der Waals surface area (Å²) in [4.78, 5) is 61.3. The molecule has 3 N–H and O–H groups in total. The molecule has 1 aromatic heterocycles. The molecular formula is C26H25F3N4O6S. The van der Waals surface area contributed by atoms with Crippen molar-refractivity contribution < 1.29 is 42.1 Å². The number of anilines is 1. The number of aryl methyl sites for hydroxylation is 1. The number of imidazole rings is 1. The number of aromatic nitrogens is 2. The molecule has 1 atom stereocenters. The number of benzene rings is 2. The summed E-state index contributed by atoms with van der Waals surface area (Å²) in [7, 11) is 1.79. The molecule has 40 heavy (non-hydrogen) atoms. The highest BCUT2D eigenvalue weighted by Crippen LogP contribution is 2.30. The molecule has 0 aliphatic rings. The van der Waals surface area contributed by atoms with E-state index < -0.39 is 29.4 Å². The average Bonchev–Trinajstić information content (AvgIpc) is 3.33. The van der Waals surface area contributed by atoms with Crippen molar-refractivity contribution in [2.24, 2.45) is 12.8 Å². The van der Waals surface area contributed by atoms with Crippen LogP contribution in [0.1, 0.15) is 22.5 Å². The Morgan fingerprint density at radius 2 is 1.68 bits per heavy atom. The third kappa shape index (κ3) is 7.48. The number of carbonyl (C=O) groups is 4. The Labute approximate surface area is 231 Å². The molecule has 2 aromatic carbocycles. The lowest BCUT2D eigenvalue weighted by molar-refractivity contribution is -0.287. The summed E-state index contributed by atoms with van der Waals surface area (Å²) in [6.45, 7) is 0. The van der Waals surface area contributed by atoms with E-state index in [1.165, 1.54) is 23.9 Å². The maximum absolute atomic E-state index is 13.6. The number of halogens is 3. The lowest BCUT2D eigenvalue weighted by atomic mass is 9.84. The molecule has 212 valence electrons. The lowest BCUT2D eigenvalue weighted by Crippen LogP contribution is -2.56. The summed E-state index contributed by atoms with van der Waals surface area (Å²) in [5.74, 6) is -5.48. The first-order valence-corrected chi connectivity index (χ1v) is 13.0. The molecule has 0 radical (unpaired) electrons. The van der Waals surface area contributed by atoms with Gasteiger partial charge in [-0.2, -0.15) is 24.9 Å².